The first-order chi connectivity index (χ1) is 7.74. The molecule has 0 nitrogen and oxygen atoms in total. The summed E-state index contributed by atoms with van der Waals surface area (Å²) in [5, 5.41) is 0. The minimum Gasteiger partial charge on any atom is -0.0625 e. The SMILES string of the molecule is CC1CCC(C2CCC3C(C)CCC3C2)C1. The number of rotatable bonds is 1. The van der Waals surface area contributed by atoms with Crippen LogP contribution in [0.1, 0.15) is 65.2 Å². The predicted octanol–water partition coefficient (Wildman–Crippen LogP) is 4.89. The molecule has 92 valence electrons. The minimum atomic E-state index is 1.03. The van der Waals surface area contributed by atoms with Crippen LogP contribution in [0, 0.1) is 35.5 Å². The zero-order valence-corrected chi connectivity index (χ0v) is 11.1. The van der Waals surface area contributed by atoms with Gasteiger partial charge in [0.1, 0.15) is 0 Å². The summed E-state index contributed by atoms with van der Waals surface area (Å²) < 4.78 is 0. The van der Waals surface area contributed by atoms with Gasteiger partial charge in [0.25, 0.3) is 0 Å². The third-order valence-corrected chi connectivity index (χ3v) is 6.21. The lowest BCUT2D eigenvalue weighted by molar-refractivity contribution is 0.139. The summed E-state index contributed by atoms with van der Waals surface area (Å²) in [6.07, 6.45) is 12.5. The summed E-state index contributed by atoms with van der Waals surface area (Å²) in [7, 11) is 0. The summed E-state index contributed by atoms with van der Waals surface area (Å²) >= 11 is 0. The molecule has 0 aromatic rings. The van der Waals surface area contributed by atoms with Crippen molar-refractivity contribution in [3.05, 3.63) is 0 Å². The number of hydrogen-bond acceptors (Lipinski definition) is 0. The van der Waals surface area contributed by atoms with Crippen LogP contribution < -0.4 is 0 Å². The van der Waals surface area contributed by atoms with Gasteiger partial charge in [-0.3, -0.25) is 0 Å². The highest BCUT2D eigenvalue weighted by Crippen LogP contribution is 2.51. The number of hydrogen-bond donors (Lipinski definition) is 0. The molecule has 0 radical (unpaired) electrons. The van der Waals surface area contributed by atoms with Gasteiger partial charge in [-0.1, -0.05) is 26.7 Å². The Labute approximate surface area is 101 Å². The molecule has 0 amide bonds. The van der Waals surface area contributed by atoms with Crippen LogP contribution in [0.3, 0.4) is 0 Å². The quantitative estimate of drug-likeness (QED) is 0.590. The van der Waals surface area contributed by atoms with Crippen LogP contribution >= 0.6 is 0 Å². The lowest BCUT2D eigenvalue weighted by Crippen LogP contribution is -2.27. The normalized spacial score (nSPS) is 52.9. The van der Waals surface area contributed by atoms with Crippen molar-refractivity contribution in [1.82, 2.24) is 0 Å². The van der Waals surface area contributed by atoms with Crippen molar-refractivity contribution >= 4 is 0 Å². The van der Waals surface area contributed by atoms with Gasteiger partial charge in [-0.25, -0.2) is 0 Å². The Morgan fingerprint density at radius 1 is 0.625 bits per heavy atom. The van der Waals surface area contributed by atoms with Crippen molar-refractivity contribution in [1.29, 1.82) is 0 Å². The largest absolute Gasteiger partial charge is 0.0625 e. The number of fused-ring (bicyclic) bond motifs is 1. The van der Waals surface area contributed by atoms with E-state index in [9.17, 15) is 0 Å². The van der Waals surface area contributed by atoms with Crippen molar-refractivity contribution in [3.8, 4) is 0 Å². The second kappa shape index (κ2) is 4.35. The summed E-state index contributed by atoms with van der Waals surface area (Å²) in [5.41, 5.74) is 0. The Morgan fingerprint density at radius 2 is 1.31 bits per heavy atom. The van der Waals surface area contributed by atoms with E-state index in [4.69, 9.17) is 0 Å². The van der Waals surface area contributed by atoms with Gasteiger partial charge in [-0.05, 0) is 74.0 Å². The highest BCUT2D eigenvalue weighted by Gasteiger charge is 2.41. The van der Waals surface area contributed by atoms with Gasteiger partial charge < -0.3 is 0 Å². The molecular formula is C16H28. The Bertz CT molecular complexity index is 244. The fourth-order valence-electron chi connectivity index (χ4n) is 5.20. The molecule has 0 heteroatoms. The molecule has 3 aliphatic rings. The molecule has 3 saturated carbocycles. The monoisotopic (exact) mass is 220 g/mol. The first kappa shape index (κ1) is 11.1. The van der Waals surface area contributed by atoms with Gasteiger partial charge in [0.2, 0.25) is 0 Å². The summed E-state index contributed by atoms with van der Waals surface area (Å²) in [4.78, 5) is 0. The Hall–Kier alpha value is 0. The van der Waals surface area contributed by atoms with Crippen LogP contribution in [0.2, 0.25) is 0 Å². The topological polar surface area (TPSA) is 0 Å². The molecule has 0 aromatic carbocycles. The Balaban J connectivity index is 1.60. The average molecular weight is 220 g/mol. The van der Waals surface area contributed by atoms with Crippen LogP contribution in [0.4, 0.5) is 0 Å². The van der Waals surface area contributed by atoms with Crippen LogP contribution in [0.15, 0.2) is 0 Å². The van der Waals surface area contributed by atoms with Crippen LogP contribution in [-0.2, 0) is 0 Å². The zero-order valence-electron chi connectivity index (χ0n) is 11.1. The van der Waals surface area contributed by atoms with Gasteiger partial charge in [0, 0.05) is 0 Å². The third-order valence-electron chi connectivity index (χ3n) is 6.21. The van der Waals surface area contributed by atoms with Crippen LogP contribution in [0.5, 0.6) is 0 Å². The molecule has 0 aliphatic heterocycles. The minimum absolute atomic E-state index is 1.03. The standard InChI is InChI=1S/C16H28/c1-11-3-5-13(9-11)14-7-8-16-12(2)4-6-15(16)10-14/h11-16H,3-10H2,1-2H3. The van der Waals surface area contributed by atoms with E-state index in [-0.39, 0.29) is 0 Å². The lowest BCUT2D eigenvalue weighted by Gasteiger charge is -2.36. The average Bonchev–Trinajstić information content (AvgIpc) is 2.86. The maximum absolute atomic E-state index is 2.50. The molecule has 3 fully saturated rings. The van der Waals surface area contributed by atoms with Crippen molar-refractivity contribution in [2.45, 2.75) is 65.2 Å². The molecular weight excluding hydrogens is 192 g/mol. The Kier molecular flexibility index (Phi) is 3.02. The summed E-state index contributed by atoms with van der Waals surface area (Å²) in [5.74, 6) is 6.57. The molecule has 0 heterocycles. The molecule has 0 aromatic heterocycles. The van der Waals surface area contributed by atoms with Gasteiger partial charge in [0.15, 0.2) is 0 Å². The summed E-state index contributed by atoms with van der Waals surface area (Å²) in [6.45, 7) is 4.96. The first-order valence-corrected chi connectivity index (χ1v) is 7.74. The first-order valence-electron chi connectivity index (χ1n) is 7.74. The predicted molar refractivity (Wildman–Crippen MR) is 69.2 cm³/mol. The van der Waals surface area contributed by atoms with Crippen molar-refractivity contribution in [3.63, 3.8) is 0 Å². The van der Waals surface area contributed by atoms with E-state index in [0.717, 1.165) is 35.5 Å². The van der Waals surface area contributed by atoms with E-state index in [1.54, 1.807) is 38.5 Å². The fraction of sp³-hybridized carbons (Fsp3) is 1.00. The van der Waals surface area contributed by atoms with Gasteiger partial charge in [-0.15, -0.1) is 0 Å². The zero-order chi connectivity index (χ0) is 11.1. The molecule has 0 spiro atoms. The van der Waals surface area contributed by atoms with Gasteiger partial charge >= 0.3 is 0 Å². The third kappa shape index (κ3) is 1.93. The maximum Gasteiger partial charge on any atom is -0.0360 e. The molecule has 3 aliphatic carbocycles. The van der Waals surface area contributed by atoms with E-state index in [2.05, 4.69) is 13.8 Å². The van der Waals surface area contributed by atoms with Crippen molar-refractivity contribution in [2.75, 3.05) is 0 Å². The highest BCUT2D eigenvalue weighted by molar-refractivity contribution is 4.91. The molecule has 3 rings (SSSR count). The molecule has 0 saturated heterocycles. The van der Waals surface area contributed by atoms with E-state index in [0.29, 0.717) is 0 Å². The molecule has 6 atom stereocenters. The van der Waals surface area contributed by atoms with Gasteiger partial charge in [0.05, 0.1) is 0 Å². The highest BCUT2D eigenvalue weighted by atomic mass is 14.5. The molecule has 16 heavy (non-hydrogen) atoms. The fourth-order valence-corrected chi connectivity index (χ4v) is 5.20. The van der Waals surface area contributed by atoms with E-state index in [1.807, 2.05) is 0 Å². The molecule has 0 bridgehead atoms. The second-order valence-corrected chi connectivity index (χ2v) is 7.23. The summed E-state index contributed by atoms with van der Waals surface area (Å²) in [6, 6.07) is 0. The lowest BCUT2D eigenvalue weighted by atomic mass is 9.69. The van der Waals surface area contributed by atoms with E-state index < -0.39 is 0 Å². The van der Waals surface area contributed by atoms with Crippen LogP contribution in [-0.4, -0.2) is 0 Å². The Morgan fingerprint density at radius 3 is 2.06 bits per heavy atom. The van der Waals surface area contributed by atoms with E-state index >= 15 is 0 Å². The maximum atomic E-state index is 2.50. The smallest absolute Gasteiger partial charge is 0.0360 e. The van der Waals surface area contributed by atoms with Crippen molar-refractivity contribution in [2.24, 2.45) is 35.5 Å². The van der Waals surface area contributed by atoms with Crippen molar-refractivity contribution < 1.29 is 0 Å². The molecule has 0 N–H and O–H groups in total. The molecule has 6 unspecified atom stereocenters. The van der Waals surface area contributed by atoms with Crippen LogP contribution in [0.25, 0.3) is 0 Å². The van der Waals surface area contributed by atoms with E-state index in [1.165, 1.54) is 12.8 Å². The van der Waals surface area contributed by atoms with Gasteiger partial charge in [-0.2, -0.15) is 0 Å². The second-order valence-electron chi connectivity index (χ2n) is 7.23.